The van der Waals surface area contributed by atoms with Crippen LogP contribution in [0.25, 0.3) is 160 Å². The summed E-state index contributed by atoms with van der Waals surface area (Å²) >= 11 is 0. The maximum Gasteiger partial charge on any atom is 0.162 e. The number of hydrogen-bond acceptors (Lipinski definition) is 3. The predicted octanol–water partition coefficient (Wildman–Crippen LogP) is 19.3. The molecule has 0 saturated heterocycles. The van der Waals surface area contributed by atoms with Crippen LogP contribution in [0.1, 0.15) is 0 Å². The Morgan fingerprint density at radius 2 is 0.654 bits per heavy atom. The Morgan fingerprint density at radius 1 is 0.272 bits per heavy atom. The zero-order chi connectivity index (χ0) is 53.1. The molecule has 0 atom stereocenters. The first-order chi connectivity index (χ1) is 40.2. The van der Waals surface area contributed by atoms with Crippen LogP contribution in [-0.2, 0) is 0 Å². The fourth-order valence-electron chi connectivity index (χ4n) is 13.1. The largest absolute Gasteiger partial charge is 0.307 e. The number of nitrogens with zero attached hydrogens (tertiary/aromatic N) is 6. The van der Waals surface area contributed by atoms with E-state index in [1.54, 1.807) is 0 Å². The smallest absolute Gasteiger partial charge is 0.162 e. The summed E-state index contributed by atoms with van der Waals surface area (Å²) in [4.78, 5) is 16.3. The Morgan fingerprint density at radius 3 is 1.17 bits per heavy atom. The summed E-state index contributed by atoms with van der Waals surface area (Å²) in [6.45, 7) is 0. The SMILES string of the molecule is c1ccc(-c2cc(-c3ccc(-c4c(-n5c6ccccc6c6c7ccccc7ccc65)cnc(-n5c6ccccc6c6c7ccccc7ccc65)c4-n4c5ccccc5c5c6ccccc6ccc54)cc3)nc(-c3ccccc3)n2)cc1. The molecule has 17 aromatic rings. The van der Waals surface area contributed by atoms with Crippen molar-refractivity contribution in [1.29, 1.82) is 0 Å². The Hall–Kier alpha value is -11.0. The van der Waals surface area contributed by atoms with Crippen molar-refractivity contribution in [3.8, 4) is 62.2 Å². The lowest BCUT2D eigenvalue weighted by Crippen LogP contribution is -2.11. The van der Waals surface area contributed by atoms with Crippen molar-refractivity contribution in [1.82, 2.24) is 28.7 Å². The quantitative estimate of drug-likeness (QED) is 0.160. The first-order valence-electron chi connectivity index (χ1n) is 27.6. The minimum atomic E-state index is 0.677. The first-order valence-corrected chi connectivity index (χ1v) is 27.6. The number of fused-ring (bicyclic) bond motifs is 15. The first kappa shape index (κ1) is 45.1. The molecule has 0 spiro atoms. The maximum absolute atomic E-state index is 5.90. The molecule has 0 fully saturated rings. The van der Waals surface area contributed by atoms with Gasteiger partial charge >= 0.3 is 0 Å². The summed E-state index contributed by atoms with van der Waals surface area (Å²) < 4.78 is 7.40. The van der Waals surface area contributed by atoms with E-state index in [4.69, 9.17) is 15.0 Å². The number of pyridine rings is 1. The number of aromatic nitrogens is 6. The Balaban J connectivity index is 1.04. The standard InChI is InChI=1S/C75H46N6/c1-3-22-50(23-4-1)60-45-61(78-74(77-60)53-24-5-2-6-25-53)51-35-37-52(38-36-51)69-68(79-62-32-16-13-29-57(62)70-54-26-10-7-19-47(54)39-42-65(70)79)46-76-75(81-64-34-18-15-31-59(64)72-56-28-12-9-21-49(56)41-44-67(72)81)73(69)80-63-33-17-14-30-58(63)71-55-27-11-8-20-48(55)40-43-66(71)80/h1-46H. The minimum absolute atomic E-state index is 0.677. The molecule has 12 aromatic carbocycles. The summed E-state index contributed by atoms with van der Waals surface area (Å²) in [5.74, 6) is 1.49. The van der Waals surface area contributed by atoms with Gasteiger partial charge in [-0.1, -0.05) is 231 Å². The third-order valence-electron chi connectivity index (χ3n) is 16.7. The lowest BCUT2D eigenvalue weighted by Gasteiger charge is -2.24. The third-order valence-corrected chi connectivity index (χ3v) is 16.7. The van der Waals surface area contributed by atoms with Gasteiger partial charge in [0.05, 0.1) is 62.1 Å². The molecule has 6 nitrogen and oxygen atoms in total. The molecule has 0 aliphatic heterocycles. The molecule has 81 heavy (non-hydrogen) atoms. The zero-order valence-electron chi connectivity index (χ0n) is 43.7. The molecule has 17 rings (SSSR count). The van der Waals surface area contributed by atoms with E-state index >= 15 is 0 Å². The summed E-state index contributed by atoms with van der Waals surface area (Å²) in [6, 6.07) is 98.4. The summed E-state index contributed by atoms with van der Waals surface area (Å²) in [6.07, 6.45) is 2.14. The molecule has 0 unspecified atom stereocenters. The van der Waals surface area contributed by atoms with Gasteiger partial charge in [0.15, 0.2) is 11.6 Å². The Kier molecular flexibility index (Phi) is 9.91. The van der Waals surface area contributed by atoms with Crippen LogP contribution in [-0.4, -0.2) is 28.7 Å². The molecule has 6 heteroatoms. The maximum atomic E-state index is 5.90. The average Bonchev–Trinajstić information content (AvgIpc) is 4.41. The van der Waals surface area contributed by atoms with Gasteiger partial charge < -0.3 is 9.13 Å². The van der Waals surface area contributed by atoms with Gasteiger partial charge in [0.2, 0.25) is 0 Å². The van der Waals surface area contributed by atoms with E-state index in [2.05, 4.69) is 269 Å². The number of rotatable bonds is 7. The molecule has 0 aliphatic rings. The Labute approximate surface area is 465 Å². The third kappa shape index (κ3) is 6.84. The molecular weight excluding hydrogens is 985 g/mol. The second-order valence-corrected chi connectivity index (χ2v) is 21.1. The van der Waals surface area contributed by atoms with Gasteiger partial charge in [0, 0.05) is 54.6 Å². The van der Waals surface area contributed by atoms with E-state index in [-0.39, 0.29) is 0 Å². The molecule has 5 heterocycles. The van der Waals surface area contributed by atoms with E-state index in [1.807, 2.05) is 24.3 Å². The topological polar surface area (TPSA) is 53.5 Å². The molecular formula is C75H46N6. The fourth-order valence-corrected chi connectivity index (χ4v) is 13.1. The highest BCUT2D eigenvalue weighted by Gasteiger charge is 2.29. The number of para-hydroxylation sites is 3. The molecule has 0 aliphatic carbocycles. The van der Waals surface area contributed by atoms with Crippen molar-refractivity contribution in [2.45, 2.75) is 0 Å². The molecule has 0 radical (unpaired) electrons. The van der Waals surface area contributed by atoms with Gasteiger partial charge in [-0.3, -0.25) is 4.57 Å². The minimum Gasteiger partial charge on any atom is -0.307 e. The van der Waals surface area contributed by atoms with Crippen molar-refractivity contribution >= 4 is 97.7 Å². The highest BCUT2D eigenvalue weighted by Crippen LogP contribution is 2.48. The van der Waals surface area contributed by atoms with Crippen LogP contribution >= 0.6 is 0 Å². The molecule has 0 bridgehead atoms. The van der Waals surface area contributed by atoms with Crippen LogP contribution in [0.2, 0.25) is 0 Å². The van der Waals surface area contributed by atoms with E-state index in [9.17, 15) is 0 Å². The van der Waals surface area contributed by atoms with Crippen LogP contribution in [0.5, 0.6) is 0 Å². The van der Waals surface area contributed by atoms with Crippen molar-refractivity contribution < 1.29 is 0 Å². The normalized spacial score (nSPS) is 12.0. The van der Waals surface area contributed by atoms with Gasteiger partial charge in [-0.15, -0.1) is 0 Å². The monoisotopic (exact) mass is 1030 g/mol. The summed E-state index contributed by atoms with van der Waals surface area (Å²) in [7, 11) is 0. The van der Waals surface area contributed by atoms with Crippen molar-refractivity contribution in [3.63, 3.8) is 0 Å². The molecule has 0 amide bonds. The van der Waals surface area contributed by atoms with Crippen LogP contribution in [0.4, 0.5) is 0 Å². The Bertz CT molecular complexity index is 5340. The highest BCUT2D eigenvalue weighted by atomic mass is 15.1. The highest BCUT2D eigenvalue weighted by molar-refractivity contribution is 6.25. The second kappa shape index (κ2) is 17.8. The fraction of sp³-hybridized carbons (Fsp3) is 0. The van der Waals surface area contributed by atoms with E-state index in [0.29, 0.717) is 5.82 Å². The number of hydrogen-bond donors (Lipinski definition) is 0. The second-order valence-electron chi connectivity index (χ2n) is 21.1. The molecule has 0 N–H and O–H groups in total. The van der Waals surface area contributed by atoms with Crippen LogP contribution in [0.15, 0.2) is 279 Å². The molecule has 5 aromatic heterocycles. The molecule has 376 valence electrons. The van der Waals surface area contributed by atoms with Crippen molar-refractivity contribution in [3.05, 3.63) is 279 Å². The zero-order valence-corrected chi connectivity index (χ0v) is 43.7. The summed E-state index contributed by atoms with van der Waals surface area (Å²) in [5, 5.41) is 14.3. The van der Waals surface area contributed by atoms with E-state index in [0.717, 1.165) is 89.5 Å². The van der Waals surface area contributed by atoms with Crippen LogP contribution < -0.4 is 0 Å². The van der Waals surface area contributed by atoms with Crippen LogP contribution in [0.3, 0.4) is 0 Å². The van der Waals surface area contributed by atoms with Crippen molar-refractivity contribution in [2.24, 2.45) is 0 Å². The number of benzene rings is 12. The molecule has 0 saturated carbocycles. The lowest BCUT2D eigenvalue weighted by atomic mass is 9.98. The summed E-state index contributed by atoms with van der Waals surface area (Å²) in [5.41, 5.74) is 15.2. The van der Waals surface area contributed by atoms with Gasteiger partial charge in [-0.05, 0) is 80.3 Å². The van der Waals surface area contributed by atoms with E-state index < -0.39 is 0 Å². The van der Waals surface area contributed by atoms with Gasteiger partial charge in [0.25, 0.3) is 0 Å². The van der Waals surface area contributed by atoms with Gasteiger partial charge in [0.1, 0.15) is 0 Å². The average molecular weight is 1030 g/mol. The van der Waals surface area contributed by atoms with E-state index in [1.165, 1.54) is 64.6 Å². The van der Waals surface area contributed by atoms with Crippen LogP contribution in [0, 0.1) is 0 Å². The van der Waals surface area contributed by atoms with Gasteiger partial charge in [-0.25, -0.2) is 15.0 Å². The predicted molar refractivity (Wildman–Crippen MR) is 337 cm³/mol. The van der Waals surface area contributed by atoms with Crippen molar-refractivity contribution in [2.75, 3.05) is 0 Å². The lowest BCUT2D eigenvalue weighted by molar-refractivity contribution is 1.01. The van der Waals surface area contributed by atoms with Gasteiger partial charge in [-0.2, -0.15) is 0 Å².